The fraction of sp³-hybridized carbons (Fsp3) is 0.111. The number of thiazole rings is 1. The Morgan fingerprint density at radius 3 is 2.38 bits per heavy atom. The van der Waals surface area contributed by atoms with E-state index in [1.54, 1.807) is 0 Å². The molecule has 6 nitrogen and oxygen atoms in total. The van der Waals surface area contributed by atoms with Gasteiger partial charge in [0.05, 0.1) is 18.7 Å². The van der Waals surface area contributed by atoms with Gasteiger partial charge in [0.2, 0.25) is 5.91 Å². The number of anilines is 1. The van der Waals surface area contributed by atoms with Crippen LogP contribution < -0.4 is 14.8 Å². The van der Waals surface area contributed by atoms with Crippen LogP contribution in [0.3, 0.4) is 0 Å². The number of imidazole rings is 1. The Hall–Kier alpha value is -4.10. The molecular formula is C27H23N3O3S. The van der Waals surface area contributed by atoms with Gasteiger partial charge >= 0.3 is 0 Å². The summed E-state index contributed by atoms with van der Waals surface area (Å²) in [7, 11) is 0. The lowest BCUT2D eigenvalue weighted by Gasteiger charge is -2.08. The van der Waals surface area contributed by atoms with E-state index in [0.29, 0.717) is 12.4 Å². The molecular weight excluding hydrogens is 446 g/mol. The molecule has 7 heteroatoms. The number of amides is 1. The third kappa shape index (κ3) is 4.94. The minimum atomic E-state index is -0.0901. The van der Waals surface area contributed by atoms with E-state index in [9.17, 15) is 4.79 Å². The summed E-state index contributed by atoms with van der Waals surface area (Å²) >= 11 is 1.52. The van der Waals surface area contributed by atoms with Crippen LogP contribution in [0.4, 0.5) is 5.69 Å². The molecule has 0 aliphatic carbocycles. The lowest BCUT2D eigenvalue weighted by molar-refractivity contribution is -0.115. The van der Waals surface area contributed by atoms with Crippen molar-refractivity contribution in [2.24, 2.45) is 0 Å². The largest absolute Gasteiger partial charge is 0.494 e. The number of nitrogens with zero attached hydrogens (tertiary/aromatic N) is 2. The number of fused-ring (bicyclic) bond motifs is 1. The van der Waals surface area contributed by atoms with Crippen LogP contribution in [0.1, 0.15) is 12.6 Å². The van der Waals surface area contributed by atoms with Gasteiger partial charge in [-0.1, -0.05) is 18.2 Å². The molecule has 0 bridgehead atoms. The highest BCUT2D eigenvalue weighted by molar-refractivity contribution is 7.15. The van der Waals surface area contributed by atoms with Crippen LogP contribution in [0.25, 0.3) is 16.2 Å². The second-order valence-corrected chi connectivity index (χ2v) is 8.46. The van der Waals surface area contributed by atoms with Crippen LogP contribution in [-0.2, 0) is 11.2 Å². The number of benzene rings is 3. The van der Waals surface area contributed by atoms with Gasteiger partial charge < -0.3 is 14.8 Å². The molecule has 1 amide bonds. The SMILES string of the molecule is CCOc1ccc(-c2cn3c(CC(=O)Nc4ccc(Oc5ccccc5)cc4)csc3n2)cc1. The van der Waals surface area contributed by atoms with E-state index >= 15 is 0 Å². The standard InChI is InChI=1S/C27H23N3O3S/c1-2-32-22-12-8-19(9-13-22)25-17-30-21(18-34-27(30)29-25)16-26(31)28-20-10-14-24(15-11-20)33-23-6-4-3-5-7-23/h3-15,17-18H,2,16H2,1H3,(H,28,31). The first-order valence-corrected chi connectivity index (χ1v) is 11.9. The Balaban J connectivity index is 1.24. The normalized spacial score (nSPS) is 10.9. The molecule has 170 valence electrons. The molecule has 0 aliphatic heterocycles. The molecule has 1 N–H and O–H groups in total. The Labute approximate surface area is 201 Å². The highest BCUT2D eigenvalue weighted by Crippen LogP contribution is 2.26. The molecule has 0 atom stereocenters. The Bertz CT molecular complexity index is 1390. The second kappa shape index (κ2) is 9.80. The quantitative estimate of drug-likeness (QED) is 0.284. The first-order chi connectivity index (χ1) is 16.7. The number of nitrogens with one attached hydrogen (secondary N) is 1. The maximum absolute atomic E-state index is 12.7. The van der Waals surface area contributed by atoms with Crippen LogP contribution >= 0.6 is 11.3 Å². The van der Waals surface area contributed by atoms with Crippen LogP contribution in [0.2, 0.25) is 0 Å². The Morgan fingerprint density at radius 2 is 1.65 bits per heavy atom. The zero-order valence-electron chi connectivity index (χ0n) is 18.6. The predicted molar refractivity (Wildman–Crippen MR) is 135 cm³/mol. The number of aromatic nitrogens is 2. The molecule has 0 radical (unpaired) electrons. The molecule has 34 heavy (non-hydrogen) atoms. The van der Waals surface area contributed by atoms with Gasteiger partial charge in [0.1, 0.15) is 17.2 Å². The monoisotopic (exact) mass is 469 g/mol. The molecule has 0 saturated carbocycles. The van der Waals surface area contributed by atoms with Gasteiger partial charge in [0, 0.05) is 28.5 Å². The highest BCUT2D eigenvalue weighted by Gasteiger charge is 2.13. The van der Waals surface area contributed by atoms with Gasteiger partial charge in [-0.25, -0.2) is 4.98 Å². The number of hydrogen-bond acceptors (Lipinski definition) is 5. The summed E-state index contributed by atoms with van der Waals surface area (Å²) in [5, 5.41) is 4.93. The number of carbonyl (C=O) groups is 1. The number of ether oxygens (including phenoxy) is 2. The van der Waals surface area contributed by atoms with Crippen molar-refractivity contribution in [2.75, 3.05) is 11.9 Å². The Morgan fingerprint density at radius 1 is 0.941 bits per heavy atom. The lowest BCUT2D eigenvalue weighted by Crippen LogP contribution is -2.15. The van der Waals surface area contributed by atoms with Gasteiger partial charge in [0.25, 0.3) is 0 Å². The maximum Gasteiger partial charge on any atom is 0.230 e. The predicted octanol–water partition coefficient (Wildman–Crippen LogP) is 6.44. The average Bonchev–Trinajstić information content (AvgIpc) is 3.44. The third-order valence-corrected chi connectivity index (χ3v) is 6.09. The van der Waals surface area contributed by atoms with Crippen molar-refractivity contribution in [1.82, 2.24) is 9.38 Å². The summed E-state index contributed by atoms with van der Waals surface area (Å²) < 4.78 is 13.3. The van der Waals surface area contributed by atoms with Crippen molar-refractivity contribution >= 4 is 27.9 Å². The van der Waals surface area contributed by atoms with Crippen molar-refractivity contribution < 1.29 is 14.3 Å². The Kier molecular flexibility index (Phi) is 6.27. The maximum atomic E-state index is 12.7. The number of hydrogen-bond donors (Lipinski definition) is 1. The zero-order chi connectivity index (χ0) is 23.3. The van der Waals surface area contributed by atoms with E-state index in [4.69, 9.17) is 14.5 Å². The molecule has 0 fully saturated rings. The van der Waals surface area contributed by atoms with Crippen molar-refractivity contribution in [3.63, 3.8) is 0 Å². The second-order valence-electron chi connectivity index (χ2n) is 7.63. The van der Waals surface area contributed by atoms with Crippen molar-refractivity contribution in [1.29, 1.82) is 0 Å². The average molecular weight is 470 g/mol. The number of para-hydroxylation sites is 1. The fourth-order valence-corrected chi connectivity index (χ4v) is 4.46. The van der Waals surface area contributed by atoms with Crippen LogP contribution in [0.5, 0.6) is 17.2 Å². The molecule has 5 aromatic rings. The number of carbonyl (C=O) groups excluding carboxylic acids is 1. The van der Waals surface area contributed by atoms with Gasteiger partial charge in [-0.2, -0.15) is 0 Å². The zero-order valence-corrected chi connectivity index (χ0v) is 19.4. The molecule has 2 heterocycles. The molecule has 0 spiro atoms. The van der Waals surface area contributed by atoms with Crippen LogP contribution in [0.15, 0.2) is 90.4 Å². The molecule has 0 aliphatic rings. The van der Waals surface area contributed by atoms with E-state index in [-0.39, 0.29) is 12.3 Å². The number of rotatable bonds is 8. The van der Waals surface area contributed by atoms with Crippen LogP contribution in [-0.4, -0.2) is 21.9 Å². The first-order valence-electron chi connectivity index (χ1n) is 11.0. The summed E-state index contributed by atoms with van der Waals surface area (Å²) in [5.74, 6) is 2.23. The molecule has 5 rings (SSSR count). The fourth-order valence-electron chi connectivity index (χ4n) is 3.58. The summed E-state index contributed by atoms with van der Waals surface area (Å²) in [5.41, 5.74) is 3.49. The minimum absolute atomic E-state index is 0.0901. The summed E-state index contributed by atoms with van der Waals surface area (Å²) in [6.07, 6.45) is 2.22. The van der Waals surface area contributed by atoms with Gasteiger partial charge in [-0.3, -0.25) is 9.20 Å². The van der Waals surface area contributed by atoms with E-state index in [2.05, 4.69) is 5.32 Å². The third-order valence-electron chi connectivity index (χ3n) is 5.20. The smallest absolute Gasteiger partial charge is 0.230 e. The highest BCUT2D eigenvalue weighted by atomic mass is 32.1. The summed E-state index contributed by atoms with van der Waals surface area (Å²) in [6.45, 7) is 2.60. The molecule has 2 aromatic heterocycles. The lowest BCUT2D eigenvalue weighted by atomic mass is 10.1. The van der Waals surface area contributed by atoms with E-state index < -0.39 is 0 Å². The topological polar surface area (TPSA) is 64.9 Å². The van der Waals surface area contributed by atoms with Crippen molar-refractivity contribution in [2.45, 2.75) is 13.3 Å². The molecule has 3 aromatic carbocycles. The van der Waals surface area contributed by atoms with E-state index in [0.717, 1.165) is 39.1 Å². The van der Waals surface area contributed by atoms with E-state index in [1.807, 2.05) is 102 Å². The summed E-state index contributed by atoms with van der Waals surface area (Å²) in [6, 6.07) is 24.8. The first kappa shape index (κ1) is 21.7. The molecule has 0 saturated heterocycles. The van der Waals surface area contributed by atoms with Gasteiger partial charge in [-0.15, -0.1) is 11.3 Å². The van der Waals surface area contributed by atoms with Crippen LogP contribution in [0, 0.1) is 0 Å². The summed E-state index contributed by atoms with van der Waals surface area (Å²) in [4.78, 5) is 18.3. The van der Waals surface area contributed by atoms with Gasteiger partial charge in [0.15, 0.2) is 4.96 Å². The van der Waals surface area contributed by atoms with Gasteiger partial charge in [-0.05, 0) is 67.6 Å². The van der Waals surface area contributed by atoms with E-state index in [1.165, 1.54) is 11.3 Å². The van der Waals surface area contributed by atoms with Crippen molar-refractivity contribution in [3.05, 3.63) is 96.1 Å². The minimum Gasteiger partial charge on any atom is -0.494 e. The molecule has 0 unspecified atom stereocenters. The van der Waals surface area contributed by atoms with Crippen molar-refractivity contribution in [3.8, 4) is 28.5 Å².